The highest BCUT2D eigenvalue weighted by Gasteiger charge is 2.69. The van der Waals surface area contributed by atoms with E-state index in [4.69, 9.17) is 9.47 Å². The number of rotatable bonds is 13. The first kappa shape index (κ1) is 30.1. The van der Waals surface area contributed by atoms with Gasteiger partial charge in [-0.25, -0.2) is 0 Å². The molecule has 0 aliphatic rings. The number of hydrogen-bond donors (Lipinski definition) is 0. The second-order valence-electron chi connectivity index (χ2n) is 7.70. The van der Waals surface area contributed by atoms with Crippen LogP contribution in [0, 0.1) is 5.92 Å². The molecule has 0 aromatic heterocycles. The number of halogens is 12. The van der Waals surface area contributed by atoms with Crippen molar-refractivity contribution >= 4 is 0 Å². The van der Waals surface area contributed by atoms with E-state index >= 15 is 0 Å². The van der Waals surface area contributed by atoms with Gasteiger partial charge in [-0.1, -0.05) is 13.8 Å². The quantitative estimate of drug-likeness (QED) is 0.205. The van der Waals surface area contributed by atoms with Gasteiger partial charge in [0, 0.05) is 32.6 Å². The summed E-state index contributed by atoms with van der Waals surface area (Å²) in [5.74, 6) is -35.0. The molecular weight excluding hydrogens is 464 g/mol. The summed E-state index contributed by atoms with van der Waals surface area (Å²) in [4.78, 5) is 0. The Hall–Kier alpha value is -0.920. The van der Waals surface area contributed by atoms with Crippen LogP contribution >= 0.6 is 0 Å². The van der Waals surface area contributed by atoms with Gasteiger partial charge in [-0.05, 0) is 6.92 Å². The van der Waals surface area contributed by atoms with E-state index in [0.29, 0.717) is 0 Å². The SMILES string of the molecule is CC(C)C(C)(OCCC(F)(F)C(F)(F)C(C)(F)F)OCCC(F)(F)C(F)(F)C(C)(F)F. The highest BCUT2D eigenvalue weighted by Crippen LogP contribution is 2.48. The van der Waals surface area contributed by atoms with Crippen LogP contribution in [0.15, 0.2) is 0 Å². The van der Waals surface area contributed by atoms with Gasteiger partial charge >= 0.3 is 35.5 Å². The summed E-state index contributed by atoms with van der Waals surface area (Å²) in [7, 11) is 0. The van der Waals surface area contributed by atoms with Crippen LogP contribution in [0.5, 0.6) is 0 Å². The Kier molecular flexibility index (Phi) is 8.87. The molecule has 2 nitrogen and oxygen atoms in total. The molecule has 0 fully saturated rings. The predicted molar refractivity (Wildman–Crippen MR) is 85.4 cm³/mol. The van der Waals surface area contributed by atoms with Crippen molar-refractivity contribution in [3.05, 3.63) is 0 Å². The van der Waals surface area contributed by atoms with Crippen LogP contribution in [0.3, 0.4) is 0 Å². The van der Waals surface area contributed by atoms with Crippen molar-refractivity contribution in [2.75, 3.05) is 13.2 Å². The van der Waals surface area contributed by atoms with E-state index < -0.39 is 87.1 Å². The van der Waals surface area contributed by atoms with Gasteiger partial charge in [0.25, 0.3) is 0 Å². The zero-order valence-electron chi connectivity index (χ0n) is 17.3. The highest BCUT2D eigenvalue weighted by molar-refractivity contribution is 4.95. The fourth-order valence-electron chi connectivity index (χ4n) is 2.09. The smallest absolute Gasteiger partial charge is 0.350 e. The first-order valence-corrected chi connectivity index (χ1v) is 8.90. The van der Waals surface area contributed by atoms with E-state index in [1.807, 2.05) is 0 Å². The largest absolute Gasteiger partial charge is 0.371 e. The van der Waals surface area contributed by atoms with Crippen LogP contribution in [-0.2, 0) is 9.47 Å². The molecule has 0 rings (SSSR count). The number of alkyl halides is 12. The van der Waals surface area contributed by atoms with Crippen LogP contribution in [0.2, 0.25) is 0 Å². The van der Waals surface area contributed by atoms with Crippen molar-refractivity contribution in [2.45, 2.75) is 88.8 Å². The van der Waals surface area contributed by atoms with Gasteiger partial charge in [-0.2, -0.15) is 52.7 Å². The molecule has 0 unspecified atom stereocenters. The van der Waals surface area contributed by atoms with Crippen LogP contribution in [0.25, 0.3) is 0 Å². The first-order valence-electron chi connectivity index (χ1n) is 8.90. The second-order valence-corrected chi connectivity index (χ2v) is 7.70. The molecule has 14 heteroatoms. The van der Waals surface area contributed by atoms with Crippen LogP contribution in [-0.4, -0.2) is 54.5 Å². The third-order valence-corrected chi connectivity index (χ3v) is 4.68. The third-order valence-electron chi connectivity index (χ3n) is 4.68. The Labute approximate surface area is 171 Å². The maximum atomic E-state index is 13.5. The predicted octanol–water partition coefficient (Wildman–Crippen LogP) is 7.02. The summed E-state index contributed by atoms with van der Waals surface area (Å²) < 4.78 is 168. The van der Waals surface area contributed by atoms with Gasteiger partial charge in [0.1, 0.15) is 0 Å². The summed E-state index contributed by atoms with van der Waals surface area (Å²) in [5, 5.41) is 0. The third kappa shape index (κ3) is 6.55. The van der Waals surface area contributed by atoms with Gasteiger partial charge in [-0.3, -0.25) is 0 Å². The minimum Gasteiger partial charge on any atom is -0.350 e. The van der Waals surface area contributed by atoms with Gasteiger partial charge in [0.05, 0.1) is 13.2 Å². The van der Waals surface area contributed by atoms with Crippen molar-refractivity contribution in [3.8, 4) is 0 Å². The summed E-state index contributed by atoms with van der Waals surface area (Å²) in [6.07, 6.45) is -3.82. The lowest BCUT2D eigenvalue weighted by Crippen LogP contribution is -2.54. The van der Waals surface area contributed by atoms with Gasteiger partial charge < -0.3 is 9.47 Å². The number of ether oxygens (including phenoxy) is 2. The molecule has 0 saturated carbocycles. The lowest BCUT2D eigenvalue weighted by Gasteiger charge is -2.36. The van der Waals surface area contributed by atoms with Crippen LogP contribution in [0.4, 0.5) is 52.7 Å². The number of hydrogen-bond acceptors (Lipinski definition) is 2. The molecule has 0 aliphatic heterocycles. The summed E-state index contributed by atoms with van der Waals surface area (Å²) in [6, 6.07) is 0. The Morgan fingerprint density at radius 1 is 0.548 bits per heavy atom. The van der Waals surface area contributed by atoms with Gasteiger partial charge in [-0.15, -0.1) is 0 Å². The van der Waals surface area contributed by atoms with E-state index in [9.17, 15) is 52.7 Å². The Morgan fingerprint density at radius 2 is 0.806 bits per heavy atom. The lowest BCUT2D eigenvalue weighted by atomic mass is 10.0. The molecule has 0 aromatic rings. The average molecular weight is 488 g/mol. The van der Waals surface area contributed by atoms with Crippen molar-refractivity contribution < 1.29 is 62.2 Å². The van der Waals surface area contributed by atoms with E-state index in [1.165, 1.54) is 13.8 Å². The lowest BCUT2D eigenvalue weighted by molar-refractivity contribution is -0.320. The average Bonchev–Trinajstić information content (AvgIpc) is 2.51. The van der Waals surface area contributed by atoms with E-state index in [0.717, 1.165) is 6.92 Å². The molecule has 188 valence electrons. The molecule has 0 spiro atoms. The molecule has 0 saturated heterocycles. The van der Waals surface area contributed by atoms with Gasteiger partial charge in [0.15, 0.2) is 5.79 Å². The summed E-state index contributed by atoms with van der Waals surface area (Å²) in [5.41, 5.74) is 0. The molecule has 0 atom stereocenters. The fraction of sp³-hybridized carbons (Fsp3) is 1.00. The van der Waals surface area contributed by atoms with Gasteiger partial charge in [0.2, 0.25) is 0 Å². The molecule has 0 heterocycles. The zero-order chi connectivity index (χ0) is 25.3. The monoisotopic (exact) mass is 488 g/mol. The van der Waals surface area contributed by atoms with Crippen LogP contribution in [0.1, 0.15) is 47.5 Å². The normalized spacial score (nSPS) is 15.7. The summed E-state index contributed by atoms with van der Waals surface area (Å²) >= 11 is 0. The summed E-state index contributed by atoms with van der Waals surface area (Å²) in [6.45, 7) is 0.143. The first-order chi connectivity index (χ1) is 13.4. The van der Waals surface area contributed by atoms with Crippen molar-refractivity contribution in [1.29, 1.82) is 0 Å². The molecule has 0 amide bonds. The molecule has 0 bridgehead atoms. The topological polar surface area (TPSA) is 18.5 Å². The van der Waals surface area contributed by atoms with Crippen LogP contribution < -0.4 is 0 Å². The minimum absolute atomic E-state index is 0.404. The molecule has 0 N–H and O–H groups in total. The molecule has 0 radical (unpaired) electrons. The Balaban J connectivity index is 5.14. The fourth-order valence-corrected chi connectivity index (χ4v) is 2.09. The molecular formula is C17H24F12O2. The van der Waals surface area contributed by atoms with Crippen molar-refractivity contribution in [1.82, 2.24) is 0 Å². The minimum atomic E-state index is -5.72. The Bertz CT molecular complexity index is 535. The standard InChI is InChI=1S/C17H24F12O2/c1-10(2)11(3,30-8-6-14(22,23)16(26,27)12(4,18)19)31-9-7-15(24,25)17(28,29)13(5,20)21/h10H,6-9H2,1-5H3. The highest BCUT2D eigenvalue weighted by atomic mass is 19.4. The van der Waals surface area contributed by atoms with E-state index in [1.54, 1.807) is 0 Å². The maximum Gasteiger partial charge on any atom is 0.371 e. The van der Waals surface area contributed by atoms with Crippen molar-refractivity contribution in [2.24, 2.45) is 5.92 Å². The zero-order valence-corrected chi connectivity index (χ0v) is 17.3. The van der Waals surface area contributed by atoms with E-state index in [2.05, 4.69) is 0 Å². The van der Waals surface area contributed by atoms with E-state index in [-0.39, 0.29) is 0 Å². The molecule has 0 aromatic carbocycles. The second kappa shape index (κ2) is 9.14. The molecule has 31 heavy (non-hydrogen) atoms. The molecule has 0 aliphatic carbocycles. The Morgan fingerprint density at radius 3 is 1.00 bits per heavy atom. The maximum absolute atomic E-state index is 13.5. The van der Waals surface area contributed by atoms with Crippen molar-refractivity contribution in [3.63, 3.8) is 0 Å².